The molecule has 0 radical (unpaired) electrons. The van der Waals surface area contributed by atoms with E-state index in [1.807, 2.05) is 0 Å². The number of benzene rings is 1. The maximum Gasteiger partial charge on any atom is 0.323 e. The largest absolute Gasteiger partial charge is 0.480 e. The fourth-order valence-corrected chi connectivity index (χ4v) is 1.46. The zero-order chi connectivity index (χ0) is 12.3. The highest BCUT2D eigenvalue weighted by molar-refractivity contribution is 5.94. The summed E-state index contributed by atoms with van der Waals surface area (Å²) < 4.78 is 0. The van der Waals surface area contributed by atoms with E-state index in [2.05, 4.69) is 0 Å². The number of aliphatic carboxylic acids is 1. The minimum atomic E-state index is -0.904. The second kappa shape index (κ2) is 4.65. The number of primary amides is 1. The first-order chi connectivity index (χ1) is 7.41. The third-order valence-electron chi connectivity index (χ3n) is 2.29. The van der Waals surface area contributed by atoms with Crippen LogP contribution in [0.15, 0.2) is 18.2 Å². The van der Waals surface area contributed by atoms with Gasteiger partial charge < -0.3 is 15.7 Å². The Hall–Kier alpha value is -2.04. The summed E-state index contributed by atoms with van der Waals surface area (Å²) in [5.74, 6) is -1.39. The summed E-state index contributed by atoms with van der Waals surface area (Å²) in [6.45, 7) is 1.67. The zero-order valence-electron chi connectivity index (χ0n) is 9.23. The molecule has 1 rings (SSSR count). The summed E-state index contributed by atoms with van der Waals surface area (Å²) in [5.41, 5.74) is 7.11. The minimum absolute atomic E-state index is 0.0879. The molecule has 0 spiro atoms. The Labute approximate surface area is 93.5 Å². The number of carbonyl (C=O) groups is 2. The SMILES string of the molecule is Cc1cc(N(C)CC(=O)O)ccc1C(N)=O. The van der Waals surface area contributed by atoms with Gasteiger partial charge in [0.05, 0.1) is 0 Å². The van der Waals surface area contributed by atoms with E-state index in [9.17, 15) is 9.59 Å². The zero-order valence-corrected chi connectivity index (χ0v) is 9.23. The third kappa shape index (κ3) is 2.73. The topological polar surface area (TPSA) is 83.6 Å². The van der Waals surface area contributed by atoms with Crippen LogP contribution in [0.25, 0.3) is 0 Å². The summed E-state index contributed by atoms with van der Waals surface area (Å²) in [4.78, 5) is 23.1. The van der Waals surface area contributed by atoms with Gasteiger partial charge in [-0.25, -0.2) is 0 Å². The smallest absolute Gasteiger partial charge is 0.323 e. The van der Waals surface area contributed by atoms with E-state index >= 15 is 0 Å². The van der Waals surface area contributed by atoms with Gasteiger partial charge in [0.25, 0.3) is 0 Å². The van der Waals surface area contributed by atoms with Crippen molar-refractivity contribution in [3.8, 4) is 0 Å². The quantitative estimate of drug-likeness (QED) is 0.782. The number of rotatable bonds is 4. The number of nitrogens with two attached hydrogens (primary N) is 1. The molecule has 1 amide bonds. The maximum absolute atomic E-state index is 11.0. The number of nitrogens with zero attached hydrogens (tertiary/aromatic N) is 1. The predicted octanol–water partition coefficient (Wildman–Crippen LogP) is 0.615. The van der Waals surface area contributed by atoms with Crippen LogP contribution in [-0.2, 0) is 4.79 Å². The van der Waals surface area contributed by atoms with Crippen molar-refractivity contribution < 1.29 is 14.7 Å². The van der Waals surface area contributed by atoms with Crippen LogP contribution in [0.1, 0.15) is 15.9 Å². The van der Waals surface area contributed by atoms with E-state index in [0.29, 0.717) is 5.56 Å². The molecule has 0 fully saturated rings. The maximum atomic E-state index is 11.0. The Bertz CT molecular complexity index is 429. The average molecular weight is 222 g/mol. The van der Waals surface area contributed by atoms with Gasteiger partial charge in [0.15, 0.2) is 0 Å². The molecule has 0 unspecified atom stereocenters. The van der Waals surface area contributed by atoms with Crippen LogP contribution >= 0.6 is 0 Å². The number of hydrogen-bond acceptors (Lipinski definition) is 3. The van der Waals surface area contributed by atoms with Gasteiger partial charge in [-0.2, -0.15) is 0 Å². The highest BCUT2D eigenvalue weighted by atomic mass is 16.4. The van der Waals surface area contributed by atoms with Crippen molar-refractivity contribution in [2.24, 2.45) is 5.73 Å². The second-order valence-corrected chi connectivity index (χ2v) is 3.61. The fourth-order valence-electron chi connectivity index (χ4n) is 1.46. The molecule has 0 atom stereocenters. The molecule has 1 aromatic rings. The number of carboxylic acid groups (broad SMARTS) is 1. The molecule has 0 aliphatic rings. The lowest BCUT2D eigenvalue weighted by molar-refractivity contribution is -0.135. The van der Waals surface area contributed by atoms with Crippen LogP contribution in [0.2, 0.25) is 0 Å². The molecule has 86 valence electrons. The lowest BCUT2D eigenvalue weighted by Gasteiger charge is -2.17. The number of hydrogen-bond donors (Lipinski definition) is 2. The first-order valence-electron chi connectivity index (χ1n) is 4.75. The number of carboxylic acids is 1. The molecule has 16 heavy (non-hydrogen) atoms. The molecule has 5 nitrogen and oxygen atoms in total. The molecule has 5 heteroatoms. The summed E-state index contributed by atoms with van der Waals surface area (Å²) in [5, 5.41) is 8.64. The lowest BCUT2D eigenvalue weighted by Crippen LogP contribution is -2.25. The first-order valence-corrected chi connectivity index (χ1v) is 4.75. The summed E-state index contributed by atoms with van der Waals surface area (Å²) in [6, 6.07) is 5.02. The van der Waals surface area contributed by atoms with E-state index in [1.54, 1.807) is 37.1 Å². The normalized spacial score (nSPS) is 9.88. The van der Waals surface area contributed by atoms with Crippen LogP contribution in [0, 0.1) is 6.92 Å². The van der Waals surface area contributed by atoms with Gasteiger partial charge in [-0.05, 0) is 30.7 Å². The van der Waals surface area contributed by atoms with Crippen molar-refractivity contribution >= 4 is 17.6 Å². The first kappa shape index (κ1) is 12.0. The average Bonchev–Trinajstić information content (AvgIpc) is 2.15. The van der Waals surface area contributed by atoms with Crippen molar-refractivity contribution in [3.63, 3.8) is 0 Å². The minimum Gasteiger partial charge on any atom is -0.480 e. The molecule has 0 aliphatic carbocycles. The molecule has 0 bridgehead atoms. The number of aryl methyl sites for hydroxylation is 1. The lowest BCUT2D eigenvalue weighted by atomic mass is 10.1. The van der Waals surface area contributed by atoms with Gasteiger partial charge in [0, 0.05) is 18.3 Å². The van der Waals surface area contributed by atoms with Gasteiger partial charge in [0.1, 0.15) is 6.54 Å². The van der Waals surface area contributed by atoms with Gasteiger partial charge >= 0.3 is 5.97 Å². The van der Waals surface area contributed by atoms with Crippen LogP contribution < -0.4 is 10.6 Å². The van der Waals surface area contributed by atoms with E-state index in [4.69, 9.17) is 10.8 Å². The van der Waals surface area contributed by atoms with Crippen LogP contribution in [0.3, 0.4) is 0 Å². The Kier molecular flexibility index (Phi) is 3.50. The van der Waals surface area contributed by atoms with Crippen molar-refractivity contribution in [1.29, 1.82) is 0 Å². The van der Waals surface area contributed by atoms with Crippen LogP contribution in [-0.4, -0.2) is 30.6 Å². The Morgan fingerprint density at radius 1 is 1.44 bits per heavy atom. The standard InChI is InChI=1S/C11H14N2O3/c1-7-5-8(13(2)6-10(14)15)3-4-9(7)11(12)16/h3-5H,6H2,1-2H3,(H2,12,16)(H,14,15). The molecule has 0 aromatic heterocycles. The van der Waals surface area contributed by atoms with Gasteiger partial charge in [-0.3, -0.25) is 9.59 Å². The Balaban J connectivity index is 2.96. The Morgan fingerprint density at radius 2 is 2.06 bits per heavy atom. The van der Waals surface area contributed by atoms with Crippen LogP contribution in [0.4, 0.5) is 5.69 Å². The van der Waals surface area contributed by atoms with Crippen molar-refractivity contribution in [1.82, 2.24) is 0 Å². The second-order valence-electron chi connectivity index (χ2n) is 3.61. The molecule has 1 aromatic carbocycles. The molecular formula is C11H14N2O3. The highest BCUT2D eigenvalue weighted by Crippen LogP contribution is 2.17. The van der Waals surface area contributed by atoms with Crippen LogP contribution in [0.5, 0.6) is 0 Å². The summed E-state index contributed by atoms with van der Waals surface area (Å²) in [7, 11) is 1.67. The Morgan fingerprint density at radius 3 is 2.50 bits per heavy atom. The molecule has 0 saturated heterocycles. The summed E-state index contributed by atoms with van der Waals surface area (Å²) in [6.07, 6.45) is 0. The van der Waals surface area contributed by atoms with Gasteiger partial charge in [-0.15, -0.1) is 0 Å². The molecule has 0 aliphatic heterocycles. The van der Waals surface area contributed by atoms with E-state index in [0.717, 1.165) is 11.3 Å². The molecule has 0 heterocycles. The number of carbonyl (C=O) groups excluding carboxylic acids is 1. The predicted molar refractivity (Wildman–Crippen MR) is 60.6 cm³/mol. The molecular weight excluding hydrogens is 208 g/mol. The number of likely N-dealkylation sites (N-methyl/N-ethyl adjacent to an activating group) is 1. The number of anilines is 1. The van der Waals surface area contributed by atoms with E-state index in [-0.39, 0.29) is 6.54 Å². The van der Waals surface area contributed by atoms with E-state index < -0.39 is 11.9 Å². The summed E-state index contributed by atoms with van der Waals surface area (Å²) >= 11 is 0. The van der Waals surface area contributed by atoms with Crippen molar-refractivity contribution in [3.05, 3.63) is 29.3 Å². The van der Waals surface area contributed by atoms with E-state index in [1.165, 1.54) is 0 Å². The van der Waals surface area contributed by atoms with Gasteiger partial charge in [0.2, 0.25) is 5.91 Å². The van der Waals surface area contributed by atoms with Crippen molar-refractivity contribution in [2.75, 3.05) is 18.5 Å². The number of amides is 1. The monoisotopic (exact) mass is 222 g/mol. The molecule has 0 saturated carbocycles. The highest BCUT2D eigenvalue weighted by Gasteiger charge is 2.09. The van der Waals surface area contributed by atoms with Crippen molar-refractivity contribution in [2.45, 2.75) is 6.92 Å². The third-order valence-corrected chi connectivity index (χ3v) is 2.29. The molecule has 3 N–H and O–H groups in total. The fraction of sp³-hybridized carbons (Fsp3) is 0.273. The van der Waals surface area contributed by atoms with Gasteiger partial charge in [-0.1, -0.05) is 0 Å².